The monoisotopic (exact) mass is 414 g/mol. The van der Waals surface area contributed by atoms with E-state index in [1.54, 1.807) is 0 Å². The summed E-state index contributed by atoms with van der Waals surface area (Å²) in [5.74, 6) is -0.431. The predicted octanol–water partition coefficient (Wildman–Crippen LogP) is -2.88. The van der Waals surface area contributed by atoms with Gasteiger partial charge in [-0.15, -0.1) is 0 Å². The van der Waals surface area contributed by atoms with Gasteiger partial charge in [0.05, 0.1) is 27.7 Å². The second kappa shape index (κ2) is 7.23. The van der Waals surface area contributed by atoms with Gasteiger partial charge in [-0.3, -0.25) is 4.79 Å². The highest BCUT2D eigenvalue weighted by Gasteiger charge is 2.21. The van der Waals surface area contributed by atoms with E-state index < -0.39 is 5.91 Å². The molecule has 7 nitrogen and oxygen atoms in total. The lowest BCUT2D eigenvalue weighted by Gasteiger charge is -2.31. The van der Waals surface area contributed by atoms with Crippen LogP contribution in [0.25, 0.3) is 0 Å². The molecule has 20 heavy (non-hydrogen) atoms. The SMILES string of the molecule is C[C@@H](CNC(=O)c1nc(Cl)c(N)nc1N)[N+](C)(C)C.[I-]. The smallest absolute Gasteiger partial charge is 0.274 e. The molecule has 0 unspecified atom stereocenters. The van der Waals surface area contributed by atoms with Crippen molar-refractivity contribution in [1.29, 1.82) is 0 Å². The van der Waals surface area contributed by atoms with E-state index in [0.717, 1.165) is 4.48 Å². The summed E-state index contributed by atoms with van der Waals surface area (Å²) in [5.41, 5.74) is 11.0. The minimum Gasteiger partial charge on any atom is -1.00 e. The number of quaternary nitrogens is 1. The quantitative estimate of drug-likeness (QED) is 0.363. The van der Waals surface area contributed by atoms with E-state index in [1.807, 2.05) is 28.1 Å². The Morgan fingerprint density at radius 3 is 2.35 bits per heavy atom. The van der Waals surface area contributed by atoms with Crippen molar-refractivity contribution in [3.8, 4) is 0 Å². The Morgan fingerprint density at radius 2 is 1.85 bits per heavy atom. The number of nitrogens with one attached hydrogen (secondary N) is 1. The zero-order valence-electron chi connectivity index (χ0n) is 11.9. The van der Waals surface area contributed by atoms with E-state index in [-0.39, 0.29) is 52.5 Å². The number of nitrogen functional groups attached to an aromatic ring is 2. The zero-order chi connectivity index (χ0) is 14.8. The van der Waals surface area contributed by atoms with Crippen LogP contribution in [0.1, 0.15) is 17.4 Å². The van der Waals surface area contributed by atoms with Crippen molar-refractivity contribution in [2.24, 2.45) is 0 Å². The van der Waals surface area contributed by atoms with Gasteiger partial charge in [-0.1, -0.05) is 11.6 Å². The maximum Gasteiger partial charge on any atom is 0.274 e. The Morgan fingerprint density at radius 1 is 1.30 bits per heavy atom. The summed E-state index contributed by atoms with van der Waals surface area (Å²) in [6, 6.07) is 0.238. The van der Waals surface area contributed by atoms with Gasteiger partial charge in [0.15, 0.2) is 22.5 Å². The molecule has 0 aromatic carbocycles. The van der Waals surface area contributed by atoms with E-state index >= 15 is 0 Å². The molecule has 1 heterocycles. The fourth-order valence-corrected chi connectivity index (χ4v) is 1.33. The molecule has 0 spiro atoms. The van der Waals surface area contributed by atoms with Gasteiger partial charge in [-0.2, -0.15) is 0 Å². The van der Waals surface area contributed by atoms with Crippen LogP contribution in [0, 0.1) is 0 Å². The zero-order valence-corrected chi connectivity index (χ0v) is 14.9. The van der Waals surface area contributed by atoms with Crippen molar-refractivity contribution in [2.45, 2.75) is 13.0 Å². The molecule has 0 fully saturated rings. The van der Waals surface area contributed by atoms with Crippen molar-refractivity contribution < 1.29 is 33.3 Å². The summed E-state index contributed by atoms with van der Waals surface area (Å²) in [7, 11) is 6.14. The van der Waals surface area contributed by atoms with E-state index in [2.05, 4.69) is 15.3 Å². The van der Waals surface area contributed by atoms with Crippen LogP contribution < -0.4 is 40.8 Å². The highest BCUT2D eigenvalue weighted by molar-refractivity contribution is 6.31. The second-order valence-corrected chi connectivity index (χ2v) is 5.67. The number of halogens is 2. The number of amides is 1. The molecule has 1 aromatic rings. The maximum atomic E-state index is 12.0. The Hall–Kier alpha value is -0.870. The van der Waals surface area contributed by atoms with Crippen molar-refractivity contribution in [3.05, 3.63) is 10.8 Å². The number of aromatic nitrogens is 2. The highest BCUT2D eigenvalue weighted by Crippen LogP contribution is 2.17. The van der Waals surface area contributed by atoms with Crippen LogP contribution in [0.15, 0.2) is 0 Å². The number of nitrogens with two attached hydrogens (primary N) is 2. The molecule has 0 saturated heterocycles. The van der Waals surface area contributed by atoms with Crippen molar-refractivity contribution in [3.63, 3.8) is 0 Å². The standard InChI is InChI=1S/C11H19ClN6O.HI/c1-6(18(2,3)4)5-15-11(19)7-9(13)17-10(14)8(12)16-7;/h6H,5H2,1-4H3,(H4-,13,14,15,17,19);1H/t6-;/m0./s1. The van der Waals surface area contributed by atoms with Crippen LogP contribution in [-0.4, -0.2) is 54.1 Å². The Kier molecular flexibility index (Phi) is 6.91. The van der Waals surface area contributed by atoms with E-state index in [4.69, 9.17) is 23.1 Å². The van der Waals surface area contributed by atoms with Crippen LogP contribution in [0.4, 0.5) is 11.6 Å². The molecule has 0 aliphatic carbocycles. The van der Waals surface area contributed by atoms with Gasteiger partial charge in [0, 0.05) is 0 Å². The van der Waals surface area contributed by atoms with Crippen LogP contribution >= 0.6 is 11.6 Å². The summed E-state index contributed by atoms with van der Waals surface area (Å²) < 4.78 is 0.726. The summed E-state index contributed by atoms with van der Waals surface area (Å²) in [5, 5.41) is 2.73. The number of hydrogen-bond acceptors (Lipinski definition) is 5. The molecule has 1 amide bonds. The number of nitrogens with zero attached hydrogens (tertiary/aromatic N) is 3. The summed E-state index contributed by atoms with van der Waals surface area (Å²) >= 11 is 5.73. The minimum atomic E-state index is -0.410. The predicted molar refractivity (Wildman–Crippen MR) is 75.7 cm³/mol. The number of carbonyl (C=O) groups excluding carboxylic acids is 1. The van der Waals surface area contributed by atoms with Gasteiger partial charge in [0.2, 0.25) is 0 Å². The first-order chi connectivity index (χ1) is 8.62. The average molecular weight is 415 g/mol. The Labute approximate surface area is 140 Å². The van der Waals surface area contributed by atoms with Gasteiger partial charge in [-0.25, -0.2) is 9.97 Å². The first kappa shape index (κ1) is 19.1. The van der Waals surface area contributed by atoms with Gasteiger partial charge < -0.3 is 45.2 Å². The molecule has 0 aliphatic rings. The molecule has 9 heteroatoms. The van der Waals surface area contributed by atoms with Crippen molar-refractivity contribution in [1.82, 2.24) is 15.3 Å². The fourth-order valence-electron chi connectivity index (χ4n) is 1.21. The van der Waals surface area contributed by atoms with E-state index in [9.17, 15) is 4.79 Å². The molecular formula is C11H20ClIN6O. The number of rotatable bonds is 4. The second-order valence-electron chi connectivity index (χ2n) is 5.31. The van der Waals surface area contributed by atoms with E-state index in [0.29, 0.717) is 6.54 Å². The van der Waals surface area contributed by atoms with Crippen molar-refractivity contribution in [2.75, 3.05) is 39.2 Å². The molecule has 1 atom stereocenters. The van der Waals surface area contributed by atoms with E-state index in [1.165, 1.54) is 0 Å². The third-order valence-corrected chi connectivity index (χ3v) is 3.28. The van der Waals surface area contributed by atoms with Crippen LogP contribution in [0.2, 0.25) is 5.15 Å². The molecule has 5 N–H and O–H groups in total. The van der Waals surface area contributed by atoms with Crippen LogP contribution in [-0.2, 0) is 0 Å². The third-order valence-electron chi connectivity index (χ3n) is 3.00. The van der Waals surface area contributed by atoms with Gasteiger partial charge in [-0.05, 0) is 6.92 Å². The van der Waals surface area contributed by atoms with Crippen LogP contribution in [0.5, 0.6) is 0 Å². The van der Waals surface area contributed by atoms with Gasteiger partial charge >= 0.3 is 0 Å². The molecule has 0 saturated carbocycles. The lowest BCUT2D eigenvalue weighted by Crippen LogP contribution is -3.00. The van der Waals surface area contributed by atoms with Crippen molar-refractivity contribution >= 4 is 29.1 Å². The largest absolute Gasteiger partial charge is 1.00 e. The first-order valence-electron chi connectivity index (χ1n) is 5.80. The maximum absolute atomic E-state index is 12.0. The van der Waals surface area contributed by atoms with Crippen LogP contribution in [0.3, 0.4) is 0 Å². The van der Waals surface area contributed by atoms with Gasteiger partial charge in [0.25, 0.3) is 5.91 Å². The molecule has 114 valence electrons. The summed E-state index contributed by atoms with van der Waals surface area (Å²) in [6.45, 7) is 2.52. The van der Waals surface area contributed by atoms with Gasteiger partial charge in [0.1, 0.15) is 6.04 Å². The number of anilines is 2. The molecule has 0 radical (unpaired) electrons. The lowest BCUT2D eigenvalue weighted by atomic mass is 10.2. The summed E-state index contributed by atoms with van der Waals surface area (Å²) in [6.07, 6.45) is 0. The summed E-state index contributed by atoms with van der Waals surface area (Å²) in [4.78, 5) is 19.6. The molecule has 1 aromatic heterocycles. The topological polar surface area (TPSA) is 107 Å². The number of hydrogen-bond donors (Lipinski definition) is 3. The normalized spacial score (nSPS) is 12.4. The fraction of sp³-hybridized carbons (Fsp3) is 0.545. The number of likely N-dealkylation sites (N-methyl/N-ethyl adjacent to an activating group) is 1. The average Bonchev–Trinajstić information content (AvgIpc) is 2.29. The Bertz CT molecular complexity index is 491. The Balaban J connectivity index is 0.00000361. The molecule has 1 rings (SSSR count). The molecule has 0 aliphatic heterocycles. The molecule has 0 bridgehead atoms. The lowest BCUT2D eigenvalue weighted by molar-refractivity contribution is -0.892. The first-order valence-corrected chi connectivity index (χ1v) is 6.18. The third kappa shape index (κ3) is 4.91. The minimum absolute atomic E-state index is 0. The number of carbonyl (C=O) groups is 1. The molecular weight excluding hydrogens is 395 g/mol. The highest BCUT2D eigenvalue weighted by atomic mass is 127.